The Hall–Kier alpha value is -0.0800. The van der Waals surface area contributed by atoms with Gasteiger partial charge in [0.2, 0.25) is 0 Å². The largest absolute Gasteiger partial charge is 0.390 e. The quantitative estimate of drug-likeness (QED) is 0.485. The van der Waals surface area contributed by atoms with E-state index in [0.29, 0.717) is 17.8 Å². The van der Waals surface area contributed by atoms with Gasteiger partial charge in [-0.05, 0) is 99.7 Å². The maximum Gasteiger partial charge on any atom is 0.0717 e. The molecule has 2 heteroatoms. The fourth-order valence-corrected chi connectivity index (χ4v) is 8.36. The van der Waals surface area contributed by atoms with E-state index in [1.54, 1.807) is 0 Å². The SMILES string of the molecule is CCC1CC2CC3CC(CCC1(C)O)CCC3(OC(C)C(C)(C(C)(C)C)C(C)(C)C)C2. The van der Waals surface area contributed by atoms with Crippen molar-refractivity contribution in [2.45, 2.75) is 144 Å². The highest BCUT2D eigenvalue weighted by molar-refractivity contribution is 5.06. The van der Waals surface area contributed by atoms with Crippen LogP contribution in [0.1, 0.15) is 127 Å². The molecule has 2 nitrogen and oxygen atoms in total. The Bertz CT molecular complexity index is 608. The van der Waals surface area contributed by atoms with E-state index in [1.807, 2.05) is 0 Å². The minimum absolute atomic E-state index is 0.0623. The zero-order valence-electron chi connectivity index (χ0n) is 22.6. The summed E-state index contributed by atoms with van der Waals surface area (Å²) in [4.78, 5) is 0. The van der Waals surface area contributed by atoms with Gasteiger partial charge in [0.15, 0.2) is 0 Å². The molecule has 0 heterocycles. The van der Waals surface area contributed by atoms with Crippen LogP contribution in [0, 0.1) is 39.9 Å². The molecule has 0 spiro atoms. The third-order valence-corrected chi connectivity index (χ3v) is 11.0. The van der Waals surface area contributed by atoms with Crippen molar-refractivity contribution < 1.29 is 9.84 Å². The third-order valence-electron chi connectivity index (χ3n) is 11.0. The van der Waals surface area contributed by atoms with Crippen LogP contribution in [0.15, 0.2) is 0 Å². The third kappa shape index (κ3) is 4.51. The van der Waals surface area contributed by atoms with Gasteiger partial charge < -0.3 is 9.84 Å². The molecule has 3 aliphatic carbocycles. The topological polar surface area (TPSA) is 29.5 Å². The van der Waals surface area contributed by atoms with Crippen LogP contribution >= 0.6 is 0 Å². The van der Waals surface area contributed by atoms with Gasteiger partial charge in [0, 0.05) is 5.41 Å². The van der Waals surface area contributed by atoms with E-state index >= 15 is 0 Å². The lowest BCUT2D eigenvalue weighted by Gasteiger charge is -2.57. The second-order valence-corrected chi connectivity index (χ2v) is 14.4. The van der Waals surface area contributed by atoms with Crippen LogP contribution in [-0.2, 0) is 4.74 Å². The first-order valence-corrected chi connectivity index (χ1v) is 13.5. The van der Waals surface area contributed by atoms with Gasteiger partial charge in [0.05, 0.1) is 17.3 Å². The molecule has 3 saturated carbocycles. The summed E-state index contributed by atoms with van der Waals surface area (Å²) in [6.07, 6.45) is 11.0. The number of ether oxygens (including phenoxy) is 1. The van der Waals surface area contributed by atoms with E-state index < -0.39 is 5.60 Å². The van der Waals surface area contributed by atoms with Gasteiger partial charge in [0.1, 0.15) is 0 Å². The van der Waals surface area contributed by atoms with E-state index in [-0.39, 0.29) is 27.9 Å². The minimum atomic E-state index is -0.499. The van der Waals surface area contributed by atoms with Gasteiger partial charge >= 0.3 is 0 Å². The molecule has 7 atom stereocenters. The lowest BCUT2D eigenvalue weighted by molar-refractivity contribution is -0.212. The predicted octanol–water partition coefficient (Wildman–Crippen LogP) is 8.02. The normalized spacial score (nSPS) is 40.7. The fraction of sp³-hybridized carbons (Fsp3) is 1.00. The fourth-order valence-electron chi connectivity index (χ4n) is 8.36. The summed E-state index contributed by atoms with van der Waals surface area (Å²) in [5.41, 5.74) is -0.0207. The number of fused-ring (bicyclic) bond motifs is 2. The van der Waals surface area contributed by atoms with Crippen molar-refractivity contribution in [2.75, 3.05) is 0 Å². The van der Waals surface area contributed by atoms with Gasteiger partial charge in [-0.25, -0.2) is 0 Å². The Morgan fingerprint density at radius 1 is 0.903 bits per heavy atom. The molecule has 0 saturated heterocycles. The van der Waals surface area contributed by atoms with Crippen LogP contribution in [-0.4, -0.2) is 22.4 Å². The molecule has 1 N–H and O–H groups in total. The summed E-state index contributed by atoms with van der Waals surface area (Å²) >= 11 is 0. The van der Waals surface area contributed by atoms with Gasteiger partial charge in [-0.1, -0.05) is 61.8 Å². The molecule has 3 fully saturated rings. The van der Waals surface area contributed by atoms with E-state index in [9.17, 15) is 5.11 Å². The molecule has 182 valence electrons. The Morgan fingerprint density at radius 2 is 1.45 bits per heavy atom. The Labute approximate surface area is 194 Å². The highest BCUT2D eigenvalue weighted by Crippen LogP contribution is 2.60. The van der Waals surface area contributed by atoms with Gasteiger partial charge in [-0.2, -0.15) is 0 Å². The monoisotopic (exact) mass is 434 g/mol. The van der Waals surface area contributed by atoms with Crippen LogP contribution in [0.5, 0.6) is 0 Å². The van der Waals surface area contributed by atoms with Crippen LogP contribution < -0.4 is 0 Å². The maximum absolute atomic E-state index is 11.3. The molecule has 0 aromatic rings. The first-order chi connectivity index (χ1) is 14.1. The van der Waals surface area contributed by atoms with Crippen molar-refractivity contribution in [1.29, 1.82) is 0 Å². The summed E-state index contributed by atoms with van der Waals surface area (Å²) < 4.78 is 7.37. The van der Waals surface area contributed by atoms with E-state index in [0.717, 1.165) is 18.8 Å². The Kier molecular flexibility index (Phi) is 6.84. The predicted molar refractivity (Wildman–Crippen MR) is 132 cm³/mol. The lowest BCUT2D eigenvalue weighted by atomic mass is 9.52. The lowest BCUT2D eigenvalue weighted by Crippen LogP contribution is -2.56. The summed E-state index contributed by atoms with van der Waals surface area (Å²) in [6.45, 7) is 23.6. The first-order valence-electron chi connectivity index (χ1n) is 13.5. The second kappa shape index (κ2) is 8.30. The molecule has 31 heavy (non-hydrogen) atoms. The van der Waals surface area contributed by atoms with Gasteiger partial charge in [-0.15, -0.1) is 0 Å². The van der Waals surface area contributed by atoms with E-state index in [4.69, 9.17) is 4.74 Å². The van der Waals surface area contributed by atoms with Gasteiger partial charge in [-0.3, -0.25) is 0 Å². The standard InChI is InChI=1S/C29H54O2/c1-11-23-17-22-18-24-16-21(12-14-27(23,9)30)13-15-29(24,19-22)31-20(2)28(10,25(3,4)5)26(6,7)8/h20-24,30H,11-19H2,1-10H3. The van der Waals surface area contributed by atoms with Crippen molar-refractivity contribution >= 4 is 0 Å². The molecule has 3 bridgehead atoms. The van der Waals surface area contributed by atoms with Crippen LogP contribution in [0.25, 0.3) is 0 Å². The molecule has 7 unspecified atom stereocenters. The number of aliphatic hydroxyl groups is 1. The van der Waals surface area contributed by atoms with Crippen molar-refractivity contribution in [3.05, 3.63) is 0 Å². The number of hydrogen-bond acceptors (Lipinski definition) is 2. The molecule has 3 aliphatic rings. The highest BCUT2D eigenvalue weighted by Gasteiger charge is 2.57. The van der Waals surface area contributed by atoms with Gasteiger partial charge in [0.25, 0.3) is 0 Å². The highest BCUT2D eigenvalue weighted by atomic mass is 16.5. The van der Waals surface area contributed by atoms with Crippen LogP contribution in [0.2, 0.25) is 0 Å². The molecular formula is C29H54O2. The molecule has 0 aliphatic heterocycles. The van der Waals surface area contributed by atoms with Crippen LogP contribution in [0.3, 0.4) is 0 Å². The number of rotatable bonds is 4. The molecule has 0 radical (unpaired) electrons. The zero-order valence-corrected chi connectivity index (χ0v) is 22.6. The summed E-state index contributed by atoms with van der Waals surface area (Å²) in [7, 11) is 0. The molecular weight excluding hydrogens is 380 g/mol. The molecule has 0 aromatic carbocycles. The zero-order chi connectivity index (χ0) is 23.5. The van der Waals surface area contributed by atoms with Crippen molar-refractivity contribution in [3.63, 3.8) is 0 Å². The van der Waals surface area contributed by atoms with E-state index in [1.165, 1.54) is 44.9 Å². The summed E-state index contributed by atoms with van der Waals surface area (Å²) in [5, 5.41) is 11.3. The first kappa shape index (κ1) is 25.5. The maximum atomic E-state index is 11.3. The summed E-state index contributed by atoms with van der Waals surface area (Å²) in [6, 6.07) is 0. The molecule has 0 aromatic heterocycles. The molecule has 0 amide bonds. The van der Waals surface area contributed by atoms with Crippen molar-refractivity contribution in [2.24, 2.45) is 39.9 Å². The minimum Gasteiger partial charge on any atom is -0.390 e. The molecule has 3 rings (SSSR count). The van der Waals surface area contributed by atoms with Crippen LogP contribution in [0.4, 0.5) is 0 Å². The Balaban J connectivity index is 1.90. The van der Waals surface area contributed by atoms with E-state index in [2.05, 4.69) is 69.2 Å². The smallest absolute Gasteiger partial charge is 0.0717 e. The number of hydrogen-bond donors (Lipinski definition) is 1. The second-order valence-electron chi connectivity index (χ2n) is 14.4. The average molecular weight is 435 g/mol. The Morgan fingerprint density at radius 3 is 2.00 bits per heavy atom. The summed E-state index contributed by atoms with van der Waals surface area (Å²) in [5.74, 6) is 2.62. The van der Waals surface area contributed by atoms with Crippen molar-refractivity contribution in [3.8, 4) is 0 Å². The van der Waals surface area contributed by atoms with Crippen molar-refractivity contribution in [1.82, 2.24) is 0 Å². The average Bonchev–Trinajstić information content (AvgIpc) is 2.97.